The summed E-state index contributed by atoms with van der Waals surface area (Å²) in [5.41, 5.74) is 8.04. The van der Waals surface area contributed by atoms with Gasteiger partial charge in [-0.1, -0.05) is 25.5 Å². The minimum atomic E-state index is -1.06. The summed E-state index contributed by atoms with van der Waals surface area (Å²) in [5.74, 6) is 0.0945. The van der Waals surface area contributed by atoms with Gasteiger partial charge in [-0.15, -0.1) is 0 Å². The third-order valence-electron chi connectivity index (χ3n) is 3.29. The largest absolute Gasteiger partial charge is 0.478 e. The van der Waals surface area contributed by atoms with Gasteiger partial charge >= 0.3 is 5.97 Å². The Bertz CT molecular complexity index is 648. The lowest BCUT2D eigenvalue weighted by Crippen LogP contribution is -2.04. The monoisotopic (exact) mass is 285 g/mol. The molecule has 2 aromatic carbocycles. The number of carbonyl (C=O) groups is 1. The molecule has 0 aliphatic carbocycles. The summed E-state index contributed by atoms with van der Waals surface area (Å²) < 4.78 is 5.72. The molecule has 0 bridgehead atoms. The van der Waals surface area contributed by atoms with Crippen LogP contribution in [-0.2, 0) is 6.42 Å². The Morgan fingerprint density at radius 2 is 1.86 bits per heavy atom. The lowest BCUT2D eigenvalue weighted by atomic mass is 10.1. The molecule has 0 saturated carbocycles. The SMILES string of the molecule is CCCc1ccc(Oc2cc(C)c(N)c(C(=O)O)c2)cc1. The van der Waals surface area contributed by atoms with Crippen molar-refractivity contribution in [3.05, 3.63) is 53.1 Å². The molecule has 0 aromatic heterocycles. The molecule has 2 aromatic rings. The highest BCUT2D eigenvalue weighted by atomic mass is 16.5. The maximum atomic E-state index is 11.2. The van der Waals surface area contributed by atoms with Crippen molar-refractivity contribution in [2.24, 2.45) is 0 Å². The van der Waals surface area contributed by atoms with Crippen LogP contribution in [0.2, 0.25) is 0 Å². The van der Waals surface area contributed by atoms with Gasteiger partial charge in [0, 0.05) is 5.69 Å². The van der Waals surface area contributed by atoms with Crippen LogP contribution in [0.3, 0.4) is 0 Å². The van der Waals surface area contributed by atoms with E-state index in [0.717, 1.165) is 12.8 Å². The predicted molar refractivity (Wildman–Crippen MR) is 83.1 cm³/mol. The molecule has 0 unspecified atom stereocenters. The van der Waals surface area contributed by atoms with Crippen LogP contribution in [0.5, 0.6) is 11.5 Å². The Morgan fingerprint density at radius 3 is 2.43 bits per heavy atom. The minimum absolute atomic E-state index is 0.0626. The van der Waals surface area contributed by atoms with Crippen LogP contribution in [-0.4, -0.2) is 11.1 Å². The van der Waals surface area contributed by atoms with E-state index in [-0.39, 0.29) is 11.3 Å². The van der Waals surface area contributed by atoms with Crippen LogP contribution in [0.25, 0.3) is 0 Å². The van der Waals surface area contributed by atoms with Gasteiger partial charge in [0.2, 0.25) is 0 Å². The van der Waals surface area contributed by atoms with E-state index in [1.807, 2.05) is 24.3 Å². The number of benzene rings is 2. The van der Waals surface area contributed by atoms with Crippen molar-refractivity contribution >= 4 is 11.7 Å². The van der Waals surface area contributed by atoms with Crippen molar-refractivity contribution in [1.82, 2.24) is 0 Å². The average molecular weight is 285 g/mol. The van der Waals surface area contributed by atoms with Crippen LogP contribution >= 0.6 is 0 Å². The average Bonchev–Trinajstić information content (AvgIpc) is 2.45. The molecular formula is C17H19NO3. The van der Waals surface area contributed by atoms with Crippen molar-refractivity contribution in [3.63, 3.8) is 0 Å². The number of aromatic carboxylic acids is 1. The van der Waals surface area contributed by atoms with Gasteiger partial charge in [0.25, 0.3) is 0 Å². The van der Waals surface area contributed by atoms with Gasteiger partial charge < -0.3 is 15.6 Å². The Labute approximate surface area is 124 Å². The maximum Gasteiger partial charge on any atom is 0.337 e. The summed E-state index contributed by atoms with van der Waals surface area (Å²) in [5, 5.41) is 9.14. The zero-order chi connectivity index (χ0) is 15.4. The van der Waals surface area contributed by atoms with E-state index in [0.29, 0.717) is 17.1 Å². The van der Waals surface area contributed by atoms with E-state index >= 15 is 0 Å². The van der Waals surface area contributed by atoms with Crippen molar-refractivity contribution in [1.29, 1.82) is 0 Å². The van der Waals surface area contributed by atoms with Gasteiger partial charge in [0.1, 0.15) is 11.5 Å². The molecule has 2 rings (SSSR count). The molecule has 110 valence electrons. The summed E-state index contributed by atoms with van der Waals surface area (Å²) >= 11 is 0. The molecule has 0 saturated heterocycles. The smallest absolute Gasteiger partial charge is 0.337 e. The molecule has 4 nitrogen and oxygen atoms in total. The van der Waals surface area contributed by atoms with Crippen LogP contribution in [0.15, 0.2) is 36.4 Å². The summed E-state index contributed by atoms with van der Waals surface area (Å²) in [4.78, 5) is 11.2. The van der Waals surface area contributed by atoms with Gasteiger partial charge in [-0.3, -0.25) is 0 Å². The molecule has 4 heteroatoms. The van der Waals surface area contributed by atoms with E-state index in [9.17, 15) is 4.79 Å². The summed E-state index contributed by atoms with van der Waals surface area (Å²) in [6, 6.07) is 11.0. The first-order chi connectivity index (χ1) is 10.0. The normalized spacial score (nSPS) is 10.4. The summed E-state index contributed by atoms with van der Waals surface area (Å²) in [7, 11) is 0. The Hall–Kier alpha value is -2.49. The Balaban J connectivity index is 2.25. The second kappa shape index (κ2) is 6.31. The number of hydrogen-bond acceptors (Lipinski definition) is 3. The number of carboxylic acids is 1. The first kappa shape index (κ1) is 14.9. The zero-order valence-electron chi connectivity index (χ0n) is 12.2. The number of rotatable bonds is 5. The molecule has 0 atom stereocenters. The second-order valence-electron chi connectivity index (χ2n) is 5.00. The lowest BCUT2D eigenvalue weighted by Gasteiger charge is -2.11. The quantitative estimate of drug-likeness (QED) is 0.814. The van der Waals surface area contributed by atoms with Crippen LogP contribution in [0, 0.1) is 6.92 Å². The molecule has 21 heavy (non-hydrogen) atoms. The molecule has 0 heterocycles. The molecule has 3 N–H and O–H groups in total. The number of nitrogen functional groups attached to an aromatic ring is 1. The third-order valence-corrected chi connectivity index (χ3v) is 3.29. The highest BCUT2D eigenvalue weighted by Gasteiger charge is 2.12. The first-order valence-electron chi connectivity index (χ1n) is 6.91. The Morgan fingerprint density at radius 1 is 1.19 bits per heavy atom. The minimum Gasteiger partial charge on any atom is -0.478 e. The second-order valence-corrected chi connectivity index (χ2v) is 5.00. The van der Waals surface area contributed by atoms with E-state index in [1.165, 1.54) is 11.6 Å². The summed E-state index contributed by atoms with van der Waals surface area (Å²) in [6.07, 6.45) is 2.13. The van der Waals surface area contributed by atoms with Crippen LogP contribution < -0.4 is 10.5 Å². The van der Waals surface area contributed by atoms with E-state index < -0.39 is 5.97 Å². The van der Waals surface area contributed by atoms with Crippen LogP contribution in [0.1, 0.15) is 34.8 Å². The van der Waals surface area contributed by atoms with E-state index in [2.05, 4.69) is 6.92 Å². The number of aryl methyl sites for hydroxylation is 2. The van der Waals surface area contributed by atoms with Crippen molar-refractivity contribution in [3.8, 4) is 11.5 Å². The molecular weight excluding hydrogens is 266 g/mol. The molecule has 0 fully saturated rings. The highest BCUT2D eigenvalue weighted by molar-refractivity contribution is 5.95. The molecule has 0 spiro atoms. The number of hydrogen-bond donors (Lipinski definition) is 2. The van der Waals surface area contributed by atoms with E-state index in [4.69, 9.17) is 15.6 Å². The fraction of sp³-hybridized carbons (Fsp3) is 0.235. The maximum absolute atomic E-state index is 11.2. The Kier molecular flexibility index (Phi) is 4.48. The zero-order valence-corrected chi connectivity index (χ0v) is 12.2. The fourth-order valence-corrected chi connectivity index (χ4v) is 2.15. The lowest BCUT2D eigenvalue weighted by molar-refractivity contribution is 0.0697. The molecule has 0 aliphatic heterocycles. The fourth-order valence-electron chi connectivity index (χ4n) is 2.15. The summed E-state index contributed by atoms with van der Waals surface area (Å²) in [6.45, 7) is 3.90. The van der Waals surface area contributed by atoms with Gasteiger partial charge in [-0.05, 0) is 48.7 Å². The van der Waals surface area contributed by atoms with Gasteiger partial charge in [0.05, 0.1) is 5.56 Å². The number of anilines is 1. The van der Waals surface area contributed by atoms with Gasteiger partial charge in [-0.25, -0.2) is 4.79 Å². The molecule has 0 radical (unpaired) electrons. The standard InChI is InChI=1S/C17H19NO3/c1-3-4-12-5-7-13(8-6-12)21-14-9-11(2)16(18)15(10-14)17(19)20/h5-10H,3-4,18H2,1-2H3,(H,19,20). The molecule has 0 amide bonds. The van der Waals surface area contributed by atoms with E-state index in [1.54, 1.807) is 13.0 Å². The number of ether oxygens (including phenoxy) is 1. The highest BCUT2D eigenvalue weighted by Crippen LogP contribution is 2.28. The first-order valence-corrected chi connectivity index (χ1v) is 6.91. The third kappa shape index (κ3) is 3.54. The van der Waals surface area contributed by atoms with Crippen molar-refractivity contribution < 1.29 is 14.6 Å². The van der Waals surface area contributed by atoms with Crippen molar-refractivity contribution in [2.45, 2.75) is 26.7 Å². The predicted octanol–water partition coefficient (Wildman–Crippen LogP) is 4.02. The topological polar surface area (TPSA) is 72.5 Å². The van der Waals surface area contributed by atoms with Crippen molar-refractivity contribution in [2.75, 3.05) is 5.73 Å². The van der Waals surface area contributed by atoms with Crippen LogP contribution in [0.4, 0.5) is 5.69 Å². The van der Waals surface area contributed by atoms with Gasteiger partial charge in [-0.2, -0.15) is 0 Å². The molecule has 0 aliphatic rings. The van der Waals surface area contributed by atoms with Gasteiger partial charge in [0.15, 0.2) is 0 Å². The number of nitrogens with two attached hydrogens (primary N) is 1. The number of carboxylic acid groups (broad SMARTS) is 1.